The summed E-state index contributed by atoms with van der Waals surface area (Å²) >= 11 is 0. The fourth-order valence-corrected chi connectivity index (χ4v) is 6.76. The van der Waals surface area contributed by atoms with Gasteiger partial charge in [-0.3, -0.25) is 0 Å². The predicted octanol–water partition coefficient (Wildman–Crippen LogP) is 3.96. The molecule has 2 heteroatoms. The Labute approximate surface area is 131 Å². The van der Waals surface area contributed by atoms with E-state index in [4.69, 9.17) is 0 Å². The van der Waals surface area contributed by atoms with Crippen LogP contribution in [0.5, 0.6) is 0 Å². The van der Waals surface area contributed by atoms with E-state index in [0.29, 0.717) is 28.3 Å². The molecule has 0 aliphatic heterocycles. The monoisotopic (exact) mass is 292 g/mol. The van der Waals surface area contributed by atoms with Crippen molar-refractivity contribution >= 4 is 0 Å². The first kappa shape index (κ1) is 15.8. The standard InChI is InChI=1S/C19H36N2/c1-14(2)20-9-15(3)21-13-19-8-16-6-17(4,11-19)10-18(5,7-16)12-19/h14-16,20-21H,6-13H2,1-5H3. The van der Waals surface area contributed by atoms with Gasteiger partial charge in [-0.2, -0.15) is 0 Å². The lowest BCUT2D eigenvalue weighted by Crippen LogP contribution is -2.58. The van der Waals surface area contributed by atoms with E-state index in [1.54, 1.807) is 0 Å². The van der Waals surface area contributed by atoms with Crippen molar-refractivity contribution in [1.29, 1.82) is 0 Å². The van der Waals surface area contributed by atoms with Gasteiger partial charge in [-0.1, -0.05) is 27.7 Å². The molecule has 4 bridgehead atoms. The van der Waals surface area contributed by atoms with Gasteiger partial charge >= 0.3 is 0 Å². The third kappa shape index (κ3) is 3.32. The van der Waals surface area contributed by atoms with Crippen molar-refractivity contribution in [2.24, 2.45) is 22.2 Å². The maximum Gasteiger partial charge on any atom is 0.0164 e. The van der Waals surface area contributed by atoms with Crippen LogP contribution < -0.4 is 10.6 Å². The Bertz CT molecular complexity index is 371. The molecule has 4 aliphatic rings. The molecule has 21 heavy (non-hydrogen) atoms. The van der Waals surface area contributed by atoms with Crippen LogP contribution in [0.3, 0.4) is 0 Å². The summed E-state index contributed by atoms with van der Waals surface area (Å²) in [6.45, 7) is 14.3. The highest BCUT2D eigenvalue weighted by molar-refractivity contribution is 5.11. The van der Waals surface area contributed by atoms with E-state index in [0.717, 1.165) is 12.5 Å². The highest BCUT2D eigenvalue weighted by Gasteiger charge is 2.59. The van der Waals surface area contributed by atoms with Gasteiger partial charge in [0.05, 0.1) is 0 Å². The summed E-state index contributed by atoms with van der Waals surface area (Å²) in [5.74, 6) is 1.02. The zero-order valence-electron chi connectivity index (χ0n) is 14.9. The van der Waals surface area contributed by atoms with E-state index >= 15 is 0 Å². The van der Waals surface area contributed by atoms with E-state index < -0.39 is 0 Å². The molecular formula is C19H36N2. The third-order valence-electron chi connectivity index (χ3n) is 6.40. The predicted molar refractivity (Wildman–Crippen MR) is 90.4 cm³/mol. The summed E-state index contributed by atoms with van der Waals surface area (Å²) in [4.78, 5) is 0. The van der Waals surface area contributed by atoms with Crippen molar-refractivity contribution in [2.45, 2.75) is 85.2 Å². The summed E-state index contributed by atoms with van der Waals surface area (Å²) in [7, 11) is 0. The molecular weight excluding hydrogens is 256 g/mol. The molecule has 3 unspecified atom stereocenters. The van der Waals surface area contributed by atoms with Gasteiger partial charge in [0.15, 0.2) is 0 Å². The second kappa shape index (κ2) is 5.23. The Morgan fingerprint density at radius 1 is 0.905 bits per heavy atom. The van der Waals surface area contributed by atoms with E-state index in [1.807, 2.05) is 0 Å². The summed E-state index contributed by atoms with van der Waals surface area (Å²) in [6.07, 6.45) is 8.95. The van der Waals surface area contributed by atoms with Crippen molar-refractivity contribution in [3.63, 3.8) is 0 Å². The zero-order valence-corrected chi connectivity index (χ0v) is 14.9. The maximum absolute atomic E-state index is 3.87. The smallest absolute Gasteiger partial charge is 0.0164 e. The molecule has 0 aromatic carbocycles. The molecule has 2 N–H and O–H groups in total. The maximum atomic E-state index is 3.87. The molecule has 4 saturated carbocycles. The summed E-state index contributed by atoms with van der Waals surface area (Å²) < 4.78 is 0. The lowest BCUT2D eigenvalue weighted by Gasteiger charge is -2.65. The Hall–Kier alpha value is -0.0800. The van der Waals surface area contributed by atoms with E-state index in [9.17, 15) is 0 Å². The first-order valence-electron chi connectivity index (χ1n) is 9.19. The van der Waals surface area contributed by atoms with Crippen LogP contribution in [-0.4, -0.2) is 25.2 Å². The second-order valence-electron chi connectivity index (χ2n) is 9.97. The van der Waals surface area contributed by atoms with Crippen LogP contribution in [0.1, 0.15) is 73.1 Å². The Kier molecular flexibility index (Phi) is 3.94. The Morgan fingerprint density at radius 3 is 2.05 bits per heavy atom. The zero-order chi connectivity index (χ0) is 15.3. The van der Waals surface area contributed by atoms with Gasteiger partial charge in [-0.25, -0.2) is 0 Å². The highest BCUT2D eigenvalue weighted by atomic mass is 15.0. The van der Waals surface area contributed by atoms with Gasteiger partial charge in [0, 0.05) is 25.2 Å². The molecule has 0 heterocycles. The normalized spacial score (nSPS) is 46.3. The fourth-order valence-electron chi connectivity index (χ4n) is 6.76. The third-order valence-corrected chi connectivity index (χ3v) is 6.40. The summed E-state index contributed by atoms with van der Waals surface area (Å²) in [6, 6.07) is 1.17. The Morgan fingerprint density at radius 2 is 1.52 bits per heavy atom. The molecule has 4 fully saturated rings. The van der Waals surface area contributed by atoms with E-state index in [1.165, 1.54) is 45.1 Å². The Balaban J connectivity index is 1.60. The van der Waals surface area contributed by atoms with Crippen LogP contribution in [0.4, 0.5) is 0 Å². The summed E-state index contributed by atoms with van der Waals surface area (Å²) in [5, 5.41) is 7.42. The number of rotatable bonds is 6. The first-order chi connectivity index (χ1) is 9.72. The van der Waals surface area contributed by atoms with Crippen LogP contribution in [0.25, 0.3) is 0 Å². The average molecular weight is 293 g/mol. The number of hydrogen-bond acceptors (Lipinski definition) is 2. The molecule has 0 amide bonds. The molecule has 122 valence electrons. The molecule has 0 saturated heterocycles. The highest BCUT2D eigenvalue weighted by Crippen LogP contribution is 2.69. The van der Waals surface area contributed by atoms with Crippen molar-refractivity contribution < 1.29 is 0 Å². The molecule has 0 aromatic rings. The minimum atomic E-state index is 0.584. The lowest BCUT2D eigenvalue weighted by molar-refractivity contribution is -0.143. The van der Waals surface area contributed by atoms with Gasteiger partial charge in [0.2, 0.25) is 0 Å². The van der Waals surface area contributed by atoms with Crippen molar-refractivity contribution in [1.82, 2.24) is 10.6 Å². The SMILES string of the molecule is CC(C)NCC(C)NCC12CC3CC(C)(CC(C)(C3)C1)C2. The van der Waals surface area contributed by atoms with Gasteiger partial charge < -0.3 is 10.6 Å². The molecule has 4 rings (SSSR count). The minimum Gasteiger partial charge on any atom is -0.313 e. The van der Waals surface area contributed by atoms with Crippen LogP contribution >= 0.6 is 0 Å². The van der Waals surface area contributed by atoms with Crippen molar-refractivity contribution in [2.75, 3.05) is 13.1 Å². The molecule has 0 radical (unpaired) electrons. The van der Waals surface area contributed by atoms with Crippen LogP contribution in [0.2, 0.25) is 0 Å². The molecule has 2 nitrogen and oxygen atoms in total. The van der Waals surface area contributed by atoms with Crippen molar-refractivity contribution in [3.8, 4) is 0 Å². The van der Waals surface area contributed by atoms with E-state index in [-0.39, 0.29) is 0 Å². The van der Waals surface area contributed by atoms with Gasteiger partial charge in [0.25, 0.3) is 0 Å². The lowest BCUT2D eigenvalue weighted by atomic mass is 9.40. The first-order valence-corrected chi connectivity index (χ1v) is 9.19. The van der Waals surface area contributed by atoms with Crippen LogP contribution in [0, 0.1) is 22.2 Å². The van der Waals surface area contributed by atoms with Crippen LogP contribution in [0.15, 0.2) is 0 Å². The molecule has 0 aromatic heterocycles. The van der Waals surface area contributed by atoms with Crippen LogP contribution in [-0.2, 0) is 0 Å². The topological polar surface area (TPSA) is 24.1 Å². The molecule has 3 atom stereocenters. The molecule has 4 aliphatic carbocycles. The van der Waals surface area contributed by atoms with E-state index in [2.05, 4.69) is 45.3 Å². The van der Waals surface area contributed by atoms with Gasteiger partial charge in [0.1, 0.15) is 0 Å². The minimum absolute atomic E-state index is 0.584. The fraction of sp³-hybridized carbons (Fsp3) is 1.00. The average Bonchev–Trinajstić information content (AvgIpc) is 2.29. The van der Waals surface area contributed by atoms with Crippen molar-refractivity contribution in [3.05, 3.63) is 0 Å². The van der Waals surface area contributed by atoms with Gasteiger partial charge in [-0.15, -0.1) is 0 Å². The van der Waals surface area contributed by atoms with Gasteiger partial charge in [-0.05, 0) is 67.6 Å². The molecule has 0 spiro atoms. The largest absolute Gasteiger partial charge is 0.313 e. The second-order valence-corrected chi connectivity index (χ2v) is 9.97. The number of nitrogens with one attached hydrogen (secondary N) is 2. The quantitative estimate of drug-likeness (QED) is 0.774. The summed E-state index contributed by atoms with van der Waals surface area (Å²) in [5.41, 5.74) is 1.90. The number of hydrogen-bond donors (Lipinski definition) is 2.